The van der Waals surface area contributed by atoms with E-state index in [1.165, 1.54) is 0 Å². The largest absolute Gasteiger partial charge is 0.329 e. The zero-order chi connectivity index (χ0) is 14.8. The molecular formula is C14H29N3O2S. The molecule has 6 heteroatoms. The third-order valence-electron chi connectivity index (χ3n) is 5.17. The first-order valence-electron chi connectivity index (χ1n) is 7.82. The number of sulfone groups is 1. The maximum Gasteiger partial charge on any atom is 0.152 e. The van der Waals surface area contributed by atoms with Gasteiger partial charge in [0.15, 0.2) is 9.84 Å². The highest BCUT2D eigenvalue weighted by atomic mass is 32.2. The standard InChI is InChI=1S/C14H29N3O2S/c1-3-13(2)16-6-8-17(9-7-16)14(11-15)5-4-10-20(18,19)12-14/h13H,3-12,15H2,1-2H3. The summed E-state index contributed by atoms with van der Waals surface area (Å²) < 4.78 is 24.0. The maximum atomic E-state index is 12.0. The van der Waals surface area contributed by atoms with Crippen molar-refractivity contribution in [1.29, 1.82) is 0 Å². The van der Waals surface area contributed by atoms with Gasteiger partial charge in [0.05, 0.1) is 11.5 Å². The van der Waals surface area contributed by atoms with Gasteiger partial charge in [0.1, 0.15) is 0 Å². The van der Waals surface area contributed by atoms with Crippen LogP contribution in [-0.4, -0.2) is 74.0 Å². The molecule has 2 unspecified atom stereocenters. The number of nitrogens with two attached hydrogens (primary N) is 1. The lowest BCUT2D eigenvalue weighted by Gasteiger charge is -2.49. The van der Waals surface area contributed by atoms with E-state index in [-0.39, 0.29) is 11.3 Å². The van der Waals surface area contributed by atoms with Crippen LogP contribution >= 0.6 is 0 Å². The molecule has 118 valence electrons. The smallest absolute Gasteiger partial charge is 0.152 e. The highest BCUT2D eigenvalue weighted by molar-refractivity contribution is 7.91. The molecule has 0 bridgehead atoms. The Balaban J connectivity index is 2.03. The van der Waals surface area contributed by atoms with Gasteiger partial charge in [-0.1, -0.05) is 6.92 Å². The van der Waals surface area contributed by atoms with Crippen LogP contribution in [0, 0.1) is 0 Å². The Morgan fingerprint density at radius 1 is 1.25 bits per heavy atom. The van der Waals surface area contributed by atoms with Gasteiger partial charge in [0.25, 0.3) is 0 Å². The SMILES string of the molecule is CCC(C)N1CCN(C2(CN)CCCS(=O)(=O)C2)CC1. The molecule has 2 aliphatic heterocycles. The summed E-state index contributed by atoms with van der Waals surface area (Å²) >= 11 is 0. The third kappa shape index (κ3) is 3.35. The van der Waals surface area contributed by atoms with E-state index in [0.717, 1.165) is 45.4 Å². The average molecular weight is 303 g/mol. The van der Waals surface area contributed by atoms with Crippen LogP contribution in [0.5, 0.6) is 0 Å². The molecule has 0 aromatic rings. The van der Waals surface area contributed by atoms with E-state index >= 15 is 0 Å². The Labute approximate surface area is 123 Å². The van der Waals surface area contributed by atoms with Crippen LogP contribution in [0.3, 0.4) is 0 Å². The highest BCUT2D eigenvalue weighted by Gasteiger charge is 2.43. The number of rotatable bonds is 4. The molecule has 2 saturated heterocycles. The van der Waals surface area contributed by atoms with Crippen LogP contribution in [0.4, 0.5) is 0 Å². The van der Waals surface area contributed by atoms with Gasteiger partial charge in [-0.3, -0.25) is 9.80 Å². The van der Waals surface area contributed by atoms with Crippen LogP contribution in [0.25, 0.3) is 0 Å². The van der Waals surface area contributed by atoms with Crippen molar-refractivity contribution in [3.8, 4) is 0 Å². The molecule has 2 atom stereocenters. The fraction of sp³-hybridized carbons (Fsp3) is 1.00. The molecule has 2 heterocycles. The monoisotopic (exact) mass is 303 g/mol. The van der Waals surface area contributed by atoms with Crippen molar-refractivity contribution in [2.45, 2.75) is 44.7 Å². The predicted octanol–water partition coefficient (Wildman–Crippen LogP) is 0.309. The zero-order valence-corrected chi connectivity index (χ0v) is 13.7. The van der Waals surface area contributed by atoms with Crippen molar-refractivity contribution in [1.82, 2.24) is 9.80 Å². The van der Waals surface area contributed by atoms with E-state index in [9.17, 15) is 8.42 Å². The van der Waals surface area contributed by atoms with Gasteiger partial charge in [-0.2, -0.15) is 0 Å². The Morgan fingerprint density at radius 3 is 2.40 bits per heavy atom. The van der Waals surface area contributed by atoms with Gasteiger partial charge in [-0.15, -0.1) is 0 Å². The lowest BCUT2D eigenvalue weighted by atomic mass is 9.92. The summed E-state index contributed by atoms with van der Waals surface area (Å²) in [5.74, 6) is 0.585. The second kappa shape index (κ2) is 6.30. The molecule has 2 rings (SSSR count). The van der Waals surface area contributed by atoms with Crippen molar-refractivity contribution in [3.63, 3.8) is 0 Å². The summed E-state index contributed by atoms with van der Waals surface area (Å²) in [5, 5.41) is 0. The first-order chi connectivity index (χ1) is 9.42. The summed E-state index contributed by atoms with van der Waals surface area (Å²) in [7, 11) is -2.92. The normalized spacial score (nSPS) is 34.0. The van der Waals surface area contributed by atoms with E-state index in [0.29, 0.717) is 18.3 Å². The van der Waals surface area contributed by atoms with Gasteiger partial charge < -0.3 is 5.73 Å². The minimum Gasteiger partial charge on any atom is -0.329 e. The second-order valence-corrected chi connectivity index (χ2v) is 8.59. The molecule has 0 aromatic heterocycles. The van der Waals surface area contributed by atoms with Crippen LogP contribution < -0.4 is 5.73 Å². The summed E-state index contributed by atoms with van der Waals surface area (Å²) in [6.45, 7) is 8.86. The number of piperazine rings is 1. The van der Waals surface area contributed by atoms with Gasteiger partial charge in [0, 0.05) is 44.3 Å². The zero-order valence-electron chi connectivity index (χ0n) is 12.8. The van der Waals surface area contributed by atoms with Gasteiger partial charge in [-0.25, -0.2) is 8.42 Å². The maximum absolute atomic E-state index is 12.0. The second-order valence-electron chi connectivity index (χ2n) is 6.40. The summed E-state index contributed by atoms with van der Waals surface area (Å²) in [5.41, 5.74) is 5.68. The van der Waals surface area contributed by atoms with Gasteiger partial charge >= 0.3 is 0 Å². The minimum absolute atomic E-state index is 0.250. The predicted molar refractivity (Wildman–Crippen MR) is 82.6 cm³/mol. The van der Waals surface area contributed by atoms with Crippen molar-refractivity contribution >= 4 is 9.84 Å². The van der Waals surface area contributed by atoms with Crippen molar-refractivity contribution < 1.29 is 8.42 Å². The molecule has 2 aliphatic rings. The van der Waals surface area contributed by atoms with E-state index < -0.39 is 9.84 Å². The Hall–Kier alpha value is -0.170. The minimum atomic E-state index is -2.92. The molecule has 0 spiro atoms. The van der Waals surface area contributed by atoms with E-state index in [1.807, 2.05) is 0 Å². The molecule has 2 fully saturated rings. The lowest BCUT2D eigenvalue weighted by molar-refractivity contribution is 0.0270. The Kier molecular flexibility index (Phi) is 5.10. The Morgan fingerprint density at radius 2 is 1.90 bits per heavy atom. The van der Waals surface area contributed by atoms with Crippen LogP contribution in [0.2, 0.25) is 0 Å². The molecule has 0 radical (unpaired) electrons. The quantitative estimate of drug-likeness (QED) is 0.809. The van der Waals surface area contributed by atoms with Crippen molar-refractivity contribution in [2.75, 3.05) is 44.2 Å². The number of hydrogen-bond acceptors (Lipinski definition) is 5. The first kappa shape index (κ1) is 16.2. The number of hydrogen-bond donors (Lipinski definition) is 1. The lowest BCUT2D eigenvalue weighted by Crippen LogP contribution is -2.65. The molecule has 20 heavy (non-hydrogen) atoms. The molecule has 0 aliphatic carbocycles. The van der Waals surface area contributed by atoms with Crippen molar-refractivity contribution in [3.05, 3.63) is 0 Å². The van der Waals surface area contributed by atoms with Crippen LogP contribution in [-0.2, 0) is 9.84 Å². The molecule has 0 saturated carbocycles. The van der Waals surface area contributed by atoms with Gasteiger partial charge in [-0.05, 0) is 26.2 Å². The van der Waals surface area contributed by atoms with Gasteiger partial charge in [0.2, 0.25) is 0 Å². The molecule has 5 nitrogen and oxygen atoms in total. The summed E-state index contributed by atoms with van der Waals surface area (Å²) in [4.78, 5) is 4.85. The first-order valence-corrected chi connectivity index (χ1v) is 9.64. The molecule has 0 aromatic carbocycles. The average Bonchev–Trinajstić information content (AvgIpc) is 2.45. The van der Waals surface area contributed by atoms with Crippen LogP contribution in [0.1, 0.15) is 33.1 Å². The fourth-order valence-electron chi connectivity index (χ4n) is 3.61. The molecular weight excluding hydrogens is 274 g/mol. The van der Waals surface area contributed by atoms with E-state index in [4.69, 9.17) is 5.73 Å². The fourth-order valence-corrected chi connectivity index (χ4v) is 5.60. The third-order valence-corrected chi connectivity index (χ3v) is 7.05. The summed E-state index contributed by atoms with van der Waals surface area (Å²) in [6, 6.07) is 0.612. The number of nitrogens with zero attached hydrogens (tertiary/aromatic N) is 2. The van der Waals surface area contributed by atoms with E-state index in [2.05, 4.69) is 23.6 Å². The van der Waals surface area contributed by atoms with E-state index in [1.54, 1.807) is 0 Å². The Bertz CT molecular complexity index is 418. The van der Waals surface area contributed by atoms with Crippen molar-refractivity contribution in [2.24, 2.45) is 5.73 Å². The molecule has 2 N–H and O–H groups in total. The summed E-state index contributed by atoms with van der Waals surface area (Å²) in [6.07, 6.45) is 2.84. The highest BCUT2D eigenvalue weighted by Crippen LogP contribution is 2.29. The van der Waals surface area contributed by atoms with Crippen LogP contribution in [0.15, 0.2) is 0 Å². The molecule has 0 amide bonds. The topological polar surface area (TPSA) is 66.6 Å².